The van der Waals surface area contributed by atoms with Gasteiger partial charge >= 0.3 is 0 Å². The van der Waals surface area contributed by atoms with Crippen LogP contribution in [0.1, 0.15) is 194 Å². The van der Waals surface area contributed by atoms with Gasteiger partial charge in [0, 0.05) is 40.0 Å². The van der Waals surface area contributed by atoms with Crippen LogP contribution in [0.15, 0.2) is 12.2 Å². The fourth-order valence-electron chi connectivity index (χ4n) is 7.10. The van der Waals surface area contributed by atoms with E-state index < -0.39 is 31.7 Å². The van der Waals surface area contributed by atoms with E-state index in [4.69, 9.17) is 9.11 Å². The first-order chi connectivity index (χ1) is 25.7. The van der Waals surface area contributed by atoms with Gasteiger partial charge in [-0.1, -0.05) is 148 Å². The second-order valence-electron chi connectivity index (χ2n) is 15.8. The molecule has 10 nitrogen and oxygen atoms in total. The standard InChI is InChI=1S/C42H82N2O8S2/c1-5-7-9-11-17-23-29-39(31-25-19-13-15-21-27-33-41(45)43(3)35-37-53(47,48)49)40(30-24-18-12-10-8-6-2)32-26-20-14-16-22-28-34-42(46)44(4)36-38-54(50,51)52/h25,31,39-40H,5-24,26-30,32-38H2,1-4H3,(H,47,48,49)(H,50,51,52)/b31-25+. The van der Waals surface area contributed by atoms with Gasteiger partial charge in [-0.2, -0.15) is 16.8 Å². The number of carbonyl (C=O) groups excluding carboxylic acids is 2. The number of carbonyl (C=O) groups is 2. The van der Waals surface area contributed by atoms with Gasteiger partial charge in [-0.15, -0.1) is 0 Å². The summed E-state index contributed by atoms with van der Waals surface area (Å²) in [5, 5.41) is 0. The average molecular weight is 807 g/mol. The Labute approximate surface area is 332 Å². The van der Waals surface area contributed by atoms with Crippen molar-refractivity contribution in [2.75, 3.05) is 38.7 Å². The molecule has 2 unspecified atom stereocenters. The van der Waals surface area contributed by atoms with Crippen molar-refractivity contribution in [1.29, 1.82) is 0 Å². The molecule has 2 amide bonds. The third-order valence-corrected chi connectivity index (χ3v) is 12.2. The summed E-state index contributed by atoms with van der Waals surface area (Å²) in [6.45, 7) is 4.56. The molecule has 0 aliphatic carbocycles. The lowest BCUT2D eigenvalue weighted by molar-refractivity contribution is -0.130. The summed E-state index contributed by atoms with van der Waals surface area (Å²) in [5.74, 6) is 0.310. The van der Waals surface area contributed by atoms with Crippen molar-refractivity contribution in [1.82, 2.24) is 9.80 Å². The molecule has 0 aromatic carbocycles. The Bertz CT molecular complexity index is 1180. The minimum atomic E-state index is -4.07. The predicted molar refractivity (Wildman–Crippen MR) is 225 cm³/mol. The molecule has 0 saturated heterocycles. The molecule has 12 heteroatoms. The van der Waals surface area contributed by atoms with Gasteiger partial charge in [0.25, 0.3) is 20.2 Å². The van der Waals surface area contributed by atoms with Crippen molar-refractivity contribution in [2.45, 2.75) is 194 Å². The Balaban J connectivity index is 4.97. The second-order valence-corrected chi connectivity index (χ2v) is 18.9. The molecule has 0 bridgehead atoms. The van der Waals surface area contributed by atoms with Gasteiger partial charge in [-0.25, -0.2) is 0 Å². The van der Waals surface area contributed by atoms with E-state index in [2.05, 4.69) is 26.0 Å². The molecule has 0 aromatic heterocycles. The fraction of sp³-hybridized carbons (Fsp3) is 0.905. The lowest BCUT2D eigenvalue weighted by Crippen LogP contribution is -2.31. The topological polar surface area (TPSA) is 149 Å². The molecule has 0 aliphatic heterocycles. The molecule has 2 atom stereocenters. The zero-order valence-corrected chi connectivity index (χ0v) is 36.6. The van der Waals surface area contributed by atoms with Crippen LogP contribution in [0.2, 0.25) is 0 Å². The summed E-state index contributed by atoms with van der Waals surface area (Å²) in [7, 11) is -4.97. The highest BCUT2D eigenvalue weighted by Crippen LogP contribution is 2.31. The summed E-state index contributed by atoms with van der Waals surface area (Å²) >= 11 is 0. The van der Waals surface area contributed by atoms with Crippen LogP contribution < -0.4 is 0 Å². The molecule has 2 N–H and O–H groups in total. The number of rotatable bonds is 38. The molecule has 0 heterocycles. The monoisotopic (exact) mass is 807 g/mol. The minimum absolute atomic E-state index is 0.0109. The number of hydrogen-bond acceptors (Lipinski definition) is 6. The average Bonchev–Trinajstić information content (AvgIpc) is 3.11. The SMILES string of the molecule is CCCCCCCCC(/C=C/CCCCCCC(=O)N(C)CCS(=O)(=O)O)C(CCCCCCCC)CCCCCCCCC(=O)N(C)CCS(=O)(=O)O. The number of unbranched alkanes of at least 4 members (excludes halogenated alkanes) is 19. The Morgan fingerprint density at radius 3 is 1.28 bits per heavy atom. The van der Waals surface area contributed by atoms with Gasteiger partial charge < -0.3 is 9.80 Å². The maximum absolute atomic E-state index is 12.3. The Hall–Kier alpha value is -1.50. The summed E-state index contributed by atoms with van der Waals surface area (Å²) in [5.41, 5.74) is 0. The van der Waals surface area contributed by atoms with E-state index >= 15 is 0 Å². The number of amides is 2. The van der Waals surface area contributed by atoms with E-state index in [0.717, 1.165) is 51.4 Å². The van der Waals surface area contributed by atoms with Gasteiger partial charge in [-0.05, 0) is 56.8 Å². The molecule has 320 valence electrons. The summed E-state index contributed by atoms with van der Waals surface area (Å²) in [4.78, 5) is 27.3. The molecule has 0 fully saturated rings. The molecule has 0 rings (SSSR count). The van der Waals surface area contributed by atoms with Crippen LogP contribution in [0.4, 0.5) is 0 Å². The van der Waals surface area contributed by atoms with Gasteiger partial charge in [0.05, 0.1) is 11.5 Å². The van der Waals surface area contributed by atoms with E-state index in [1.807, 2.05) is 0 Å². The first-order valence-electron chi connectivity index (χ1n) is 21.7. The third-order valence-electron chi connectivity index (χ3n) is 10.8. The second kappa shape index (κ2) is 33.6. The molecule has 0 aliphatic rings. The lowest BCUT2D eigenvalue weighted by atomic mass is 9.80. The van der Waals surface area contributed by atoms with Gasteiger partial charge in [0.2, 0.25) is 11.8 Å². The quantitative estimate of drug-likeness (QED) is 0.0356. The van der Waals surface area contributed by atoms with Crippen LogP contribution >= 0.6 is 0 Å². The highest BCUT2D eigenvalue weighted by Gasteiger charge is 2.19. The Kier molecular flexibility index (Phi) is 32.7. The molecule has 0 radical (unpaired) electrons. The molecular formula is C42H82N2O8S2. The molecular weight excluding hydrogens is 725 g/mol. The van der Waals surface area contributed by atoms with Crippen LogP contribution in [0.3, 0.4) is 0 Å². The summed E-state index contributed by atoms with van der Waals surface area (Å²) in [6.07, 6.45) is 36.9. The minimum Gasteiger partial charge on any atom is -0.345 e. The molecule has 0 spiro atoms. The van der Waals surface area contributed by atoms with Gasteiger partial charge in [-0.3, -0.25) is 18.7 Å². The maximum Gasteiger partial charge on any atom is 0.266 e. The van der Waals surface area contributed by atoms with E-state index in [1.54, 1.807) is 14.1 Å². The molecule has 54 heavy (non-hydrogen) atoms. The lowest BCUT2D eigenvalue weighted by Gasteiger charge is -2.26. The number of hydrogen-bond donors (Lipinski definition) is 2. The van der Waals surface area contributed by atoms with Crippen LogP contribution in [0.5, 0.6) is 0 Å². The van der Waals surface area contributed by atoms with Crippen molar-refractivity contribution < 1.29 is 35.5 Å². The number of nitrogens with zero attached hydrogens (tertiary/aromatic N) is 2. The van der Waals surface area contributed by atoms with Crippen molar-refractivity contribution in [3.05, 3.63) is 12.2 Å². The summed E-state index contributed by atoms with van der Waals surface area (Å²) < 4.78 is 61.7. The smallest absolute Gasteiger partial charge is 0.266 e. The molecule has 0 saturated carbocycles. The Morgan fingerprint density at radius 1 is 0.519 bits per heavy atom. The van der Waals surface area contributed by atoms with E-state index in [1.165, 1.54) is 125 Å². The highest BCUT2D eigenvalue weighted by molar-refractivity contribution is 7.86. The van der Waals surface area contributed by atoms with Gasteiger partial charge in [0.1, 0.15) is 0 Å². The third kappa shape index (κ3) is 33.8. The highest BCUT2D eigenvalue weighted by atomic mass is 32.2. The van der Waals surface area contributed by atoms with Crippen LogP contribution in [-0.2, 0) is 29.8 Å². The summed E-state index contributed by atoms with van der Waals surface area (Å²) in [6, 6.07) is 0. The maximum atomic E-state index is 12.3. The first kappa shape index (κ1) is 52.5. The van der Waals surface area contributed by atoms with Crippen LogP contribution in [-0.4, -0.2) is 86.2 Å². The van der Waals surface area contributed by atoms with Crippen molar-refractivity contribution in [3.63, 3.8) is 0 Å². The van der Waals surface area contributed by atoms with Crippen molar-refractivity contribution >= 4 is 32.1 Å². The number of allylic oxidation sites excluding steroid dienone is 2. The zero-order valence-electron chi connectivity index (χ0n) is 35.0. The van der Waals surface area contributed by atoms with E-state index in [-0.39, 0.29) is 24.9 Å². The largest absolute Gasteiger partial charge is 0.345 e. The van der Waals surface area contributed by atoms with Crippen LogP contribution in [0.25, 0.3) is 0 Å². The zero-order chi connectivity index (χ0) is 40.5. The van der Waals surface area contributed by atoms with E-state index in [0.29, 0.717) is 24.7 Å². The van der Waals surface area contributed by atoms with Crippen molar-refractivity contribution in [3.8, 4) is 0 Å². The normalized spacial score (nSPS) is 13.4. The van der Waals surface area contributed by atoms with Gasteiger partial charge in [0.15, 0.2) is 0 Å². The molecule has 0 aromatic rings. The Morgan fingerprint density at radius 2 is 0.870 bits per heavy atom. The van der Waals surface area contributed by atoms with E-state index in [9.17, 15) is 26.4 Å². The predicted octanol–water partition coefficient (Wildman–Crippen LogP) is 10.4. The first-order valence-corrected chi connectivity index (χ1v) is 25.0. The van der Waals surface area contributed by atoms with Crippen LogP contribution in [0, 0.1) is 11.8 Å². The fourth-order valence-corrected chi connectivity index (χ4v) is 8.11. The van der Waals surface area contributed by atoms with Crippen molar-refractivity contribution in [2.24, 2.45) is 11.8 Å².